The van der Waals surface area contributed by atoms with Crippen LogP contribution in [0.5, 0.6) is 5.75 Å². The third kappa shape index (κ3) is 4.49. The maximum absolute atomic E-state index is 13.3. The van der Waals surface area contributed by atoms with E-state index in [1.165, 1.54) is 0 Å². The summed E-state index contributed by atoms with van der Waals surface area (Å²) in [6.45, 7) is 5.59. The van der Waals surface area contributed by atoms with Gasteiger partial charge in [0.1, 0.15) is 23.3 Å². The number of phenols is 1. The van der Waals surface area contributed by atoms with Crippen molar-refractivity contribution in [2.24, 2.45) is 4.99 Å². The van der Waals surface area contributed by atoms with Gasteiger partial charge in [-0.05, 0) is 43.0 Å². The zero-order valence-electron chi connectivity index (χ0n) is 17.9. The molecule has 0 bridgehead atoms. The Bertz CT molecular complexity index is 1200. The first kappa shape index (κ1) is 21.2. The van der Waals surface area contributed by atoms with Gasteiger partial charge in [-0.25, -0.2) is 9.78 Å². The summed E-state index contributed by atoms with van der Waals surface area (Å²) in [7, 11) is 0. The molecule has 0 spiro atoms. The number of nitrogens with one attached hydrogen (secondary N) is 1. The molecule has 3 aromatic rings. The number of carbonyl (C=O) groups is 1. The lowest BCUT2D eigenvalue weighted by Crippen LogP contribution is -2.44. The van der Waals surface area contributed by atoms with Crippen LogP contribution in [0.15, 0.2) is 84.0 Å². The summed E-state index contributed by atoms with van der Waals surface area (Å²) >= 11 is 0. The molecule has 1 aromatic heterocycles. The average molecular weight is 426 g/mol. The molecule has 32 heavy (non-hydrogen) atoms. The Balaban J connectivity index is 1.74. The zero-order valence-corrected chi connectivity index (χ0v) is 17.9. The minimum absolute atomic E-state index is 0.0551. The second-order valence-corrected chi connectivity index (χ2v) is 7.60. The molecular weight excluding hydrogens is 400 g/mol. The number of rotatable bonds is 7. The predicted molar refractivity (Wildman–Crippen MR) is 126 cm³/mol. The number of fused-ring (bicyclic) bond motifs is 1. The van der Waals surface area contributed by atoms with E-state index in [4.69, 9.17) is 4.98 Å². The molecular formula is C26H25N4O2+. The summed E-state index contributed by atoms with van der Waals surface area (Å²) in [4.78, 5) is 22.3. The minimum atomic E-state index is -0.425. The molecule has 0 radical (unpaired) electrons. The minimum Gasteiger partial charge on any atom is -0.508 e. The fourth-order valence-electron chi connectivity index (χ4n) is 3.72. The van der Waals surface area contributed by atoms with E-state index in [1.54, 1.807) is 22.9 Å². The van der Waals surface area contributed by atoms with Crippen LogP contribution in [-0.4, -0.2) is 28.8 Å². The molecule has 6 heteroatoms. The van der Waals surface area contributed by atoms with E-state index < -0.39 is 6.04 Å². The SMILES string of the molecule is C=N/C(=C\C=C/C)c1c[n+]2c(c(Cc3ccccc3)n1)NC(Cc1ccc(O)cc1)C2=O. The van der Waals surface area contributed by atoms with Gasteiger partial charge < -0.3 is 5.11 Å². The third-order valence-electron chi connectivity index (χ3n) is 5.34. The molecule has 0 amide bonds. The maximum atomic E-state index is 13.3. The molecule has 0 fully saturated rings. The lowest BCUT2D eigenvalue weighted by atomic mass is 10.1. The van der Waals surface area contributed by atoms with Crippen molar-refractivity contribution in [2.75, 3.05) is 5.32 Å². The summed E-state index contributed by atoms with van der Waals surface area (Å²) in [5, 5.41) is 12.9. The Kier molecular flexibility index (Phi) is 6.22. The molecule has 1 unspecified atom stereocenters. The van der Waals surface area contributed by atoms with Crippen molar-refractivity contribution in [2.45, 2.75) is 25.8 Å². The first-order valence-corrected chi connectivity index (χ1v) is 10.5. The van der Waals surface area contributed by atoms with E-state index in [0.29, 0.717) is 30.1 Å². The standard InChI is InChI=1S/C26H24N4O2/c1-3-4-10-21(27-2)24-17-30-25(22(28-24)15-18-8-6-5-7-9-18)29-23(26(30)32)16-19-11-13-20(31)14-12-19/h3-14,17,23,31H,2,15-16H2,1H3/p+1/b4-3-,21-10-. The van der Waals surface area contributed by atoms with E-state index in [2.05, 4.69) is 17.0 Å². The number of hydrogen-bond donors (Lipinski definition) is 2. The second-order valence-electron chi connectivity index (χ2n) is 7.60. The first-order valence-electron chi connectivity index (χ1n) is 10.5. The highest BCUT2D eigenvalue weighted by atomic mass is 16.3. The number of carbonyl (C=O) groups excluding carboxylic acids is 1. The molecule has 160 valence electrons. The molecule has 2 N–H and O–H groups in total. The summed E-state index contributed by atoms with van der Waals surface area (Å²) in [6, 6.07) is 16.5. The molecule has 4 rings (SSSR count). The zero-order chi connectivity index (χ0) is 22.5. The highest BCUT2D eigenvalue weighted by molar-refractivity contribution is 5.82. The lowest BCUT2D eigenvalue weighted by Gasteiger charge is -2.07. The number of aromatic nitrogens is 2. The monoisotopic (exact) mass is 425 g/mol. The Morgan fingerprint density at radius 1 is 1.19 bits per heavy atom. The molecule has 0 aliphatic carbocycles. The van der Waals surface area contributed by atoms with Gasteiger partial charge in [-0.3, -0.25) is 10.3 Å². The number of phenolic OH excluding ortho intramolecular Hbond substituents is 1. The van der Waals surface area contributed by atoms with E-state index in [-0.39, 0.29) is 11.7 Å². The number of aliphatic imine (C=N–C) groups is 1. The Hall–Kier alpha value is -4.06. The van der Waals surface area contributed by atoms with E-state index in [1.807, 2.05) is 67.6 Å². The van der Waals surface area contributed by atoms with Crippen molar-refractivity contribution in [3.8, 4) is 5.75 Å². The molecule has 1 atom stereocenters. The maximum Gasteiger partial charge on any atom is 0.359 e. The van der Waals surface area contributed by atoms with E-state index >= 15 is 0 Å². The number of hydrogen-bond acceptors (Lipinski definition) is 5. The average Bonchev–Trinajstić information content (AvgIpc) is 3.12. The van der Waals surface area contributed by atoms with Crippen molar-refractivity contribution < 1.29 is 14.5 Å². The van der Waals surface area contributed by atoms with Crippen LogP contribution in [0.25, 0.3) is 5.70 Å². The predicted octanol–water partition coefficient (Wildman–Crippen LogP) is 3.96. The molecule has 2 aromatic carbocycles. The van der Waals surface area contributed by atoms with Crippen LogP contribution in [-0.2, 0) is 12.8 Å². The first-order chi connectivity index (χ1) is 15.6. The van der Waals surface area contributed by atoms with Crippen molar-refractivity contribution in [3.63, 3.8) is 0 Å². The number of nitrogens with zero attached hydrogens (tertiary/aromatic N) is 3. The van der Waals surface area contributed by atoms with Gasteiger partial charge in [0, 0.05) is 12.8 Å². The van der Waals surface area contributed by atoms with E-state index in [9.17, 15) is 9.90 Å². The van der Waals surface area contributed by atoms with Gasteiger partial charge in [0.05, 0.1) is 5.70 Å². The topological polar surface area (TPSA) is 78.5 Å². The van der Waals surface area contributed by atoms with Gasteiger partial charge in [0.2, 0.25) is 0 Å². The fourth-order valence-corrected chi connectivity index (χ4v) is 3.72. The fraction of sp³-hybridized carbons (Fsp3) is 0.154. The summed E-state index contributed by atoms with van der Waals surface area (Å²) in [5.74, 6) is 0.842. The van der Waals surface area contributed by atoms with Crippen LogP contribution in [0.3, 0.4) is 0 Å². The molecule has 2 heterocycles. The highest BCUT2D eigenvalue weighted by Gasteiger charge is 2.41. The normalized spacial score (nSPS) is 15.6. The van der Waals surface area contributed by atoms with Gasteiger partial charge in [0.25, 0.3) is 0 Å². The summed E-state index contributed by atoms with van der Waals surface area (Å²) < 4.78 is 1.64. The van der Waals surface area contributed by atoms with E-state index in [0.717, 1.165) is 16.8 Å². The Labute approximate surface area is 187 Å². The smallest absolute Gasteiger partial charge is 0.359 e. The Morgan fingerprint density at radius 2 is 1.94 bits per heavy atom. The Morgan fingerprint density at radius 3 is 2.62 bits per heavy atom. The van der Waals surface area contributed by atoms with Crippen LogP contribution in [0.1, 0.15) is 34.2 Å². The van der Waals surface area contributed by atoms with Crippen molar-refractivity contribution >= 4 is 24.1 Å². The lowest BCUT2D eigenvalue weighted by molar-refractivity contribution is -0.553. The number of benzene rings is 2. The number of aromatic hydroxyl groups is 1. The van der Waals surface area contributed by atoms with Crippen LogP contribution in [0.4, 0.5) is 5.82 Å². The van der Waals surface area contributed by atoms with Crippen LogP contribution >= 0.6 is 0 Å². The molecule has 6 nitrogen and oxygen atoms in total. The molecule has 0 saturated carbocycles. The number of allylic oxidation sites excluding steroid dienone is 3. The van der Waals surface area contributed by atoms with Gasteiger partial charge >= 0.3 is 11.7 Å². The summed E-state index contributed by atoms with van der Waals surface area (Å²) in [6.07, 6.45) is 8.40. The van der Waals surface area contributed by atoms with Crippen molar-refractivity contribution in [3.05, 3.63) is 102 Å². The van der Waals surface area contributed by atoms with Crippen molar-refractivity contribution in [1.82, 2.24) is 4.98 Å². The van der Waals surface area contributed by atoms with Crippen LogP contribution in [0, 0.1) is 0 Å². The summed E-state index contributed by atoms with van der Waals surface area (Å²) in [5.41, 5.74) is 4.02. The second kappa shape index (κ2) is 9.39. The van der Waals surface area contributed by atoms with Crippen molar-refractivity contribution in [1.29, 1.82) is 0 Å². The highest BCUT2D eigenvalue weighted by Crippen LogP contribution is 2.24. The van der Waals surface area contributed by atoms with Gasteiger partial charge in [0.15, 0.2) is 6.04 Å². The van der Waals surface area contributed by atoms with Crippen LogP contribution < -0.4 is 9.88 Å². The van der Waals surface area contributed by atoms with Gasteiger partial charge in [-0.15, -0.1) is 0 Å². The van der Waals surface area contributed by atoms with Crippen LogP contribution in [0.2, 0.25) is 0 Å². The molecule has 0 saturated heterocycles. The quantitative estimate of drug-likeness (QED) is 0.341. The molecule has 1 aliphatic rings. The number of anilines is 1. The largest absolute Gasteiger partial charge is 0.508 e. The molecule has 1 aliphatic heterocycles. The third-order valence-corrected chi connectivity index (χ3v) is 5.34. The van der Waals surface area contributed by atoms with Gasteiger partial charge in [-0.2, -0.15) is 4.57 Å². The van der Waals surface area contributed by atoms with Gasteiger partial charge in [-0.1, -0.05) is 54.6 Å².